The van der Waals surface area contributed by atoms with Gasteiger partial charge in [0.05, 0.1) is 12.7 Å². The SMILES string of the molecule is Nc1ccn([C@H]2CC[C@H](O)CO2)c(=O)n1. The van der Waals surface area contributed by atoms with Gasteiger partial charge in [0.15, 0.2) is 0 Å². The van der Waals surface area contributed by atoms with Crippen LogP contribution < -0.4 is 11.4 Å². The Kier molecular flexibility index (Phi) is 2.70. The number of hydrogen-bond acceptors (Lipinski definition) is 5. The molecule has 0 bridgehead atoms. The van der Waals surface area contributed by atoms with Gasteiger partial charge in [-0.2, -0.15) is 4.98 Å². The Morgan fingerprint density at radius 1 is 1.60 bits per heavy atom. The van der Waals surface area contributed by atoms with Crippen LogP contribution in [0.1, 0.15) is 19.1 Å². The predicted molar refractivity (Wildman–Crippen MR) is 53.1 cm³/mol. The molecule has 6 nitrogen and oxygen atoms in total. The molecule has 3 N–H and O–H groups in total. The molecule has 1 aliphatic heterocycles. The zero-order valence-electron chi connectivity index (χ0n) is 8.17. The van der Waals surface area contributed by atoms with Gasteiger partial charge >= 0.3 is 5.69 Å². The van der Waals surface area contributed by atoms with Crippen LogP contribution in [0.2, 0.25) is 0 Å². The van der Waals surface area contributed by atoms with E-state index in [-0.39, 0.29) is 18.7 Å². The van der Waals surface area contributed by atoms with E-state index in [9.17, 15) is 9.90 Å². The van der Waals surface area contributed by atoms with E-state index in [2.05, 4.69) is 4.98 Å². The minimum Gasteiger partial charge on any atom is -0.391 e. The minimum atomic E-state index is -0.432. The zero-order valence-corrected chi connectivity index (χ0v) is 8.17. The molecule has 0 amide bonds. The van der Waals surface area contributed by atoms with Gasteiger partial charge in [-0.3, -0.25) is 4.57 Å². The van der Waals surface area contributed by atoms with E-state index in [0.29, 0.717) is 12.8 Å². The standard InChI is InChI=1S/C9H13N3O3/c10-7-3-4-12(9(14)11-7)8-2-1-6(13)5-15-8/h3-4,6,8,13H,1-2,5H2,(H2,10,11,14)/t6-,8+/m0/s1. The van der Waals surface area contributed by atoms with Gasteiger partial charge in [-0.1, -0.05) is 0 Å². The summed E-state index contributed by atoms with van der Waals surface area (Å²) in [7, 11) is 0. The lowest BCUT2D eigenvalue weighted by molar-refractivity contribution is -0.0904. The predicted octanol–water partition coefficient (Wildman–Crippen LogP) is -0.505. The second kappa shape index (κ2) is 4.00. The summed E-state index contributed by atoms with van der Waals surface area (Å²) >= 11 is 0. The maximum absolute atomic E-state index is 11.5. The number of nitrogens with two attached hydrogens (primary N) is 1. The van der Waals surface area contributed by atoms with Crippen molar-refractivity contribution in [3.8, 4) is 0 Å². The Morgan fingerprint density at radius 2 is 2.40 bits per heavy atom. The molecular weight excluding hydrogens is 198 g/mol. The van der Waals surface area contributed by atoms with Gasteiger partial charge in [0.25, 0.3) is 0 Å². The largest absolute Gasteiger partial charge is 0.391 e. The highest BCUT2D eigenvalue weighted by Crippen LogP contribution is 2.20. The number of anilines is 1. The molecule has 15 heavy (non-hydrogen) atoms. The van der Waals surface area contributed by atoms with Gasteiger partial charge in [0.2, 0.25) is 0 Å². The first-order valence-corrected chi connectivity index (χ1v) is 4.81. The molecule has 0 aliphatic carbocycles. The van der Waals surface area contributed by atoms with E-state index in [1.165, 1.54) is 4.57 Å². The van der Waals surface area contributed by atoms with Gasteiger partial charge in [-0.05, 0) is 18.9 Å². The second-order valence-electron chi connectivity index (χ2n) is 3.56. The van der Waals surface area contributed by atoms with Crippen LogP contribution in [-0.2, 0) is 4.74 Å². The number of hydrogen-bond donors (Lipinski definition) is 2. The highest BCUT2D eigenvalue weighted by atomic mass is 16.5. The topological polar surface area (TPSA) is 90.4 Å². The first-order chi connectivity index (χ1) is 7.16. The number of aliphatic hydroxyl groups excluding tert-OH is 1. The van der Waals surface area contributed by atoms with E-state index in [1.807, 2.05) is 0 Å². The van der Waals surface area contributed by atoms with Crippen molar-refractivity contribution in [3.63, 3.8) is 0 Å². The Hall–Kier alpha value is -1.40. The van der Waals surface area contributed by atoms with E-state index in [0.717, 1.165) is 0 Å². The smallest absolute Gasteiger partial charge is 0.351 e. The first-order valence-electron chi connectivity index (χ1n) is 4.81. The summed E-state index contributed by atoms with van der Waals surface area (Å²) in [6.45, 7) is 0.251. The molecule has 1 aromatic rings. The molecule has 0 radical (unpaired) electrons. The number of aliphatic hydroxyl groups is 1. The quantitative estimate of drug-likeness (QED) is 0.653. The second-order valence-corrected chi connectivity index (χ2v) is 3.56. The van der Waals surface area contributed by atoms with Crippen LogP contribution in [0.5, 0.6) is 0 Å². The fraction of sp³-hybridized carbons (Fsp3) is 0.556. The summed E-state index contributed by atoms with van der Waals surface area (Å²) in [5, 5.41) is 9.24. The van der Waals surface area contributed by atoms with Crippen LogP contribution in [0.15, 0.2) is 17.1 Å². The van der Waals surface area contributed by atoms with Crippen molar-refractivity contribution in [2.45, 2.75) is 25.2 Å². The fourth-order valence-corrected chi connectivity index (χ4v) is 1.59. The maximum atomic E-state index is 11.5. The third-order valence-electron chi connectivity index (χ3n) is 2.39. The lowest BCUT2D eigenvalue weighted by atomic mass is 10.1. The molecule has 0 spiro atoms. The van der Waals surface area contributed by atoms with Crippen LogP contribution in [0.4, 0.5) is 5.82 Å². The first kappa shape index (κ1) is 10.1. The van der Waals surface area contributed by atoms with Crippen molar-refractivity contribution in [2.75, 3.05) is 12.3 Å². The van der Waals surface area contributed by atoms with Crippen molar-refractivity contribution in [1.82, 2.24) is 9.55 Å². The lowest BCUT2D eigenvalue weighted by Gasteiger charge is -2.27. The Labute approximate surface area is 86.3 Å². The molecule has 82 valence electrons. The van der Waals surface area contributed by atoms with Crippen molar-refractivity contribution in [2.24, 2.45) is 0 Å². The molecule has 6 heteroatoms. The van der Waals surface area contributed by atoms with Gasteiger partial charge in [0, 0.05) is 6.20 Å². The number of aromatic nitrogens is 2. The van der Waals surface area contributed by atoms with E-state index in [1.54, 1.807) is 12.3 Å². The highest BCUT2D eigenvalue weighted by molar-refractivity contribution is 5.23. The van der Waals surface area contributed by atoms with Crippen LogP contribution in [-0.4, -0.2) is 27.4 Å². The van der Waals surface area contributed by atoms with Crippen molar-refractivity contribution in [3.05, 3.63) is 22.7 Å². The number of nitrogens with zero attached hydrogens (tertiary/aromatic N) is 2. The molecule has 1 aromatic heterocycles. The van der Waals surface area contributed by atoms with Crippen molar-refractivity contribution >= 4 is 5.82 Å². The molecule has 0 saturated carbocycles. The van der Waals surface area contributed by atoms with Crippen LogP contribution >= 0.6 is 0 Å². The van der Waals surface area contributed by atoms with E-state index < -0.39 is 11.8 Å². The summed E-state index contributed by atoms with van der Waals surface area (Å²) in [5.41, 5.74) is 4.95. The van der Waals surface area contributed by atoms with Gasteiger partial charge in [-0.25, -0.2) is 4.79 Å². The normalized spacial score (nSPS) is 26.5. The molecule has 2 atom stereocenters. The molecule has 1 aliphatic rings. The highest BCUT2D eigenvalue weighted by Gasteiger charge is 2.21. The maximum Gasteiger partial charge on any atom is 0.351 e. The van der Waals surface area contributed by atoms with Crippen LogP contribution in [0.3, 0.4) is 0 Å². The average Bonchev–Trinajstić information content (AvgIpc) is 2.20. The van der Waals surface area contributed by atoms with Gasteiger partial charge < -0.3 is 15.6 Å². The number of nitrogen functional groups attached to an aromatic ring is 1. The molecule has 2 heterocycles. The average molecular weight is 211 g/mol. The molecule has 1 fully saturated rings. The zero-order chi connectivity index (χ0) is 10.8. The summed E-state index contributed by atoms with van der Waals surface area (Å²) < 4.78 is 6.72. The Balaban J connectivity index is 2.19. The van der Waals surface area contributed by atoms with Crippen molar-refractivity contribution in [1.29, 1.82) is 0 Å². The number of ether oxygens (including phenoxy) is 1. The van der Waals surface area contributed by atoms with E-state index >= 15 is 0 Å². The summed E-state index contributed by atoms with van der Waals surface area (Å²) in [6.07, 6.45) is 2.02. The Bertz CT molecular complexity index is 396. The van der Waals surface area contributed by atoms with Gasteiger partial charge in [-0.15, -0.1) is 0 Å². The fourth-order valence-electron chi connectivity index (χ4n) is 1.59. The molecule has 0 unspecified atom stereocenters. The minimum absolute atomic E-state index is 0.201. The molecule has 0 aromatic carbocycles. The van der Waals surface area contributed by atoms with Crippen molar-refractivity contribution < 1.29 is 9.84 Å². The third-order valence-corrected chi connectivity index (χ3v) is 2.39. The van der Waals surface area contributed by atoms with Crippen LogP contribution in [0.25, 0.3) is 0 Å². The molecule has 1 saturated heterocycles. The molecule has 2 rings (SSSR count). The van der Waals surface area contributed by atoms with E-state index in [4.69, 9.17) is 10.5 Å². The number of rotatable bonds is 1. The summed E-state index contributed by atoms with van der Waals surface area (Å²) in [6, 6.07) is 1.55. The summed E-state index contributed by atoms with van der Waals surface area (Å²) in [5.74, 6) is 0.201. The monoisotopic (exact) mass is 211 g/mol. The lowest BCUT2D eigenvalue weighted by Crippen LogP contribution is -2.34. The van der Waals surface area contributed by atoms with Gasteiger partial charge in [0.1, 0.15) is 12.0 Å². The Morgan fingerprint density at radius 3 is 3.00 bits per heavy atom. The third kappa shape index (κ3) is 2.16. The van der Waals surface area contributed by atoms with Crippen LogP contribution in [0, 0.1) is 0 Å². The molecular formula is C9H13N3O3. The summed E-state index contributed by atoms with van der Waals surface area (Å²) in [4.78, 5) is 15.1.